The molecule has 1 aliphatic heterocycles. The summed E-state index contributed by atoms with van der Waals surface area (Å²) in [5.41, 5.74) is 7.27. The van der Waals surface area contributed by atoms with Gasteiger partial charge in [0.2, 0.25) is 5.91 Å². The van der Waals surface area contributed by atoms with E-state index in [1.807, 2.05) is 0 Å². The van der Waals surface area contributed by atoms with Crippen LogP contribution in [0, 0.1) is 0 Å². The molecular weight excluding hydrogens is 337 g/mol. The van der Waals surface area contributed by atoms with Gasteiger partial charge in [-0.1, -0.05) is 24.3 Å². The van der Waals surface area contributed by atoms with Gasteiger partial charge in [0.15, 0.2) is 0 Å². The number of morpholine rings is 1. The first-order valence-corrected chi connectivity index (χ1v) is 7.40. The van der Waals surface area contributed by atoms with E-state index in [1.165, 1.54) is 5.56 Å². The number of nitrogens with two attached hydrogens (primary N) is 1. The Bertz CT molecular complexity index is 469. The largest absolute Gasteiger partial charge is 0.379 e. The number of amides is 1. The summed E-state index contributed by atoms with van der Waals surface area (Å²) in [6.45, 7) is 8.48. The highest BCUT2D eigenvalue weighted by molar-refractivity contribution is 5.85. The highest BCUT2D eigenvalue weighted by atomic mass is 35.5. The molecule has 0 spiro atoms. The lowest BCUT2D eigenvalue weighted by Gasteiger charge is -2.26. The molecule has 1 aromatic rings. The quantitative estimate of drug-likeness (QED) is 0.835. The van der Waals surface area contributed by atoms with Gasteiger partial charge < -0.3 is 15.8 Å². The summed E-state index contributed by atoms with van der Waals surface area (Å²) in [4.78, 5) is 14.1. The number of hydrogen-bond donors (Lipinski definition) is 2. The molecule has 0 radical (unpaired) electrons. The summed E-state index contributed by atoms with van der Waals surface area (Å²) in [5, 5.41) is 2.85. The molecule has 2 rings (SSSR count). The van der Waals surface area contributed by atoms with Crippen molar-refractivity contribution in [3.05, 3.63) is 35.4 Å². The van der Waals surface area contributed by atoms with Crippen LogP contribution in [0.5, 0.6) is 0 Å². The molecule has 1 aromatic carbocycles. The van der Waals surface area contributed by atoms with Crippen LogP contribution in [0.1, 0.15) is 25.0 Å². The van der Waals surface area contributed by atoms with E-state index in [0.29, 0.717) is 6.54 Å². The Morgan fingerprint density at radius 2 is 1.70 bits per heavy atom. The Kier molecular flexibility index (Phi) is 9.73. The summed E-state index contributed by atoms with van der Waals surface area (Å²) in [7, 11) is 0. The molecule has 23 heavy (non-hydrogen) atoms. The summed E-state index contributed by atoms with van der Waals surface area (Å²) in [6.07, 6.45) is 0. The maximum atomic E-state index is 11.7. The van der Waals surface area contributed by atoms with E-state index in [1.54, 1.807) is 13.8 Å². The van der Waals surface area contributed by atoms with Crippen molar-refractivity contribution >= 4 is 30.7 Å². The molecular formula is C16H27Cl2N3O2. The lowest BCUT2D eigenvalue weighted by molar-refractivity contribution is -0.125. The number of rotatable bonds is 5. The molecule has 1 aliphatic rings. The summed E-state index contributed by atoms with van der Waals surface area (Å²) < 4.78 is 5.35. The third-order valence-electron chi connectivity index (χ3n) is 3.57. The van der Waals surface area contributed by atoms with Crippen molar-refractivity contribution in [1.29, 1.82) is 0 Å². The van der Waals surface area contributed by atoms with Gasteiger partial charge >= 0.3 is 0 Å². The molecule has 7 heteroatoms. The van der Waals surface area contributed by atoms with Crippen molar-refractivity contribution in [2.24, 2.45) is 5.73 Å². The van der Waals surface area contributed by atoms with E-state index in [2.05, 4.69) is 34.5 Å². The average Bonchev–Trinajstić information content (AvgIpc) is 2.46. The van der Waals surface area contributed by atoms with Gasteiger partial charge in [-0.05, 0) is 25.0 Å². The standard InChI is InChI=1S/C16H25N3O2.2ClH/c1-16(2,17)15(20)18-11-13-3-5-14(6-4-13)12-19-7-9-21-10-8-19;;/h3-6H,7-12,17H2,1-2H3,(H,18,20);2*1H. The first-order chi connectivity index (χ1) is 9.95. The third kappa shape index (κ3) is 7.50. The first-order valence-electron chi connectivity index (χ1n) is 7.40. The van der Waals surface area contributed by atoms with E-state index in [9.17, 15) is 4.79 Å². The van der Waals surface area contributed by atoms with Crippen molar-refractivity contribution in [3.8, 4) is 0 Å². The monoisotopic (exact) mass is 363 g/mol. The third-order valence-corrected chi connectivity index (χ3v) is 3.57. The zero-order valence-corrected chi connectivity index (χ0v) is 15.3. The fourth-order valence-electron chi connectivity index (χ4n) is 2.19. The van der Waals surface area contributed by atoms with E-state index in [4.69, 9.17) is 10.5 Å². The Hall–Kier alpha value is -0.850. The topological polar surface area (TPSA) is 67.6 Å². The van der Waals surface area contributed by atoms with Crippen LogP contribution < -0.4 is 11.1 Å². The zero-order valence-electron chi connectivity index (χ0n) is 13.7. The van der Waals surface area contributed by atoms with Crippen LogP contribution in [-0.4, -0.2) is 42.6 Å². The van der Waals surface area contributed by atoms with Crippen molar-refractivity contribution in [2.45, 2.75) is 32.5 Å². The molecule has 3 N–H and O–H groups in total. The van der Waals surface area contributed by atoms with E-state index in [-0.39, 0.29) is 30.7 Å². The molecule has 0 aromatic heterocycles. The molecule has 1 amide bonds. The predicted molar refractivity (Wildman–Crippen MR) is 97.1 cm³/mol. The summed E-state index contributed by atoms with van der Waals surface area (Å²) in [6, 6.07) is 8.34. The fourth-order valence-corrected chi connectivity index (χ4v) is 2.19. The van der Waals surface area contributed by atoms with Gasteiger partial charge in [-0.3, -0.25) is 9.69 Å². The van der Waals surface area contributed by atoms with Gasteiger partial charge in [-0.15, -0.1) is 24.8 Å². The number of carbonyl (C=O) groups excluding carboxylic acids is 1. The Labute approximate surface area is 150 Å². The smallest absolute Gasteiger partial charge is 0.239 e. The molecule has 132 valence electrons. The minimum absolute atomic E-state index is 0. The molecule has 0 atom stereocenters. The highest BCUT2D eigenvalue weighted by Crippen LogP contribution is 2.09. The molecule has 0 aliphatic carbocycles. The van der Waals surface area contributed by atoms with Crippen LogP contribution >= 0.6 is 24.8 Å². The normalized spacial score (nSPS) is 15.3. The van der Waals surface area contributed by atoms with Gasteiger partial charge in [-0.25, -0.2) is 0 Å². The Balaban J connectivity index is 0.00000242. The number of ether oxygens (including phenoxy) is 1. The first kappa shape index (κ1) is 22.1. The highest BCUT2D eigenvalue weighted by Gasteiger charge is 2.21. The second kappa shape index (κ2) is 10.1. The molecule has 0 saturated carbocycles. The van der Waals surface area contributed by atoms with Crippen LogP contribution in [0.4, 0.5) is 0 Å². The number of benzene rings is 1. The molecule has 1 heterocycles. The number of hydrogen-bond acceptors (Lipinski definition) is 4. The van der Waals surface area contributed by atoms with Gasteiger partial charge in [0.05, 0.1) is 18.8 Å². The molecule has 1 fully saturated rings. The summed E-state index contributed by atoms with van der Waals surface area (Å²) in [5.74, 6) is -0.139. The lowest BCUT2D eigenvalue weighted by Crippen LogP contribution is -2.48. The van der Waals surface area contributed by atoms with Gasteiger partial charge in [0, 0.05) is 26.2 Å². The zero-order chi connectivity index (χ0) is 15.3. The minimum Gasteiger partial charge on any atom is -0.379 e. The molecule has 5 nitrogen and oxygen atoms in total. The minimum atomic E-state index is -0.837. The second-order valence-corrected chi connectivity index (χ2v) is 6.11. The van der Waals surface area contributed by atoms with Crippen LogP contribution in [0.3, 0.4) is 0 Å². The van der Waals surface area contributed by atoms with Crippen LogP contribution in [-0.2, 0) is 22.6 Å². The van der Waals surface area contributed by atoms with E-state index < -0.39 is 5.54 Å². The number of carbonyl (C=O) groups is 1. The molecule has 0 unspecified atom stereocenters. The summed E-state index contributed by atoms with van der Waals surface area (Å²) >= 11 is 0. The Morgan fingerprint density at radius 1 is 1.17 bits per heavy atom. The second-order valence-electron chi connectivity index (χ2n) is 6.11. The van der Waals surface area contributed by atoms with Crippen LogP contribution in [0.2, 0.25) is 0 Å². The van der Waals surface area contributed by atoms with E-state index >= 15 is 0 Å². The molecule has 0 bridgehead atoms. The average molecular weight is 364 g/mol. The van der Waals surface area contributed by atoms with E-state index in [0.717, 1.165) is 38.4 Å². The van der Waals surface area contributed by atoms with Gasteiger partial charge in [0.25, 0.3) is 0 Å². The van der Waals surface area contributed by atoms with Crippen molar-refractivity contribution in [1.82, 2.24) is 10.2 Å². The molecule has 1 saturated heterocycles. The SMILES string of the molecule is CC(C)(N)C(=O)NCc1ccc(CN2CCOCC2)cc1.Cl.Cl. The predicted octanol–water partition coefficient (Wildman–Crippen LogP) is 1.72. The Morgan fingerprint density at radius 3 is 2.22 bits per heavy atom. The number of nitrogens with zero attached hydrogens (tertiary/aromatic N) is 1. The van der Waals surface area contributed by atoms with Crippen molar-refractivity contribution in [2.75, 3.05) is 26.3 Å². The fraction of sp³-hybridized carbons (Fsp3) is 0.562. The van der Waals surface area contributed by atoms with Crippen LogP contribution in [0.25, 0.3) is 0 Å². The number of nitrogens with one attached hydrogen (secondary N) is 1. The van der Waals surface area contributed by atoms with Gasteiger partial charge in [0.1, 0.15) is 0 Å². The maximum Gasteiger partial charge on any atom is 0.239 e. The van der Waals surface area contributed by atoms with Crippen molar-refractivity contribution in [3.63, 3.8) is 0 Å². The van der Waals surface area contributed by atoms with Gasteiger partial charge in [-0.2, -0.15) is 0 Å². The lowest BCUT2D eigenvalue weighted by atomic mass is 10.1. The van der Waals surface area contributed by atoms with Crippen molar-refractivity contribution < 1.29 is 9.53 Å². The van der Waals surface area contributed by atoms with Crippen LogP contribution in [0.15, 0.2) is 24.3 Å². The maximum absolute atomic E-state index is 11.7. The number of halogens is 2.